The molecule has 0 bridgehead atoms. The fraction of sp³-hybridized carbons (Fsp3) is 0.571. The smallest absolute Gasteiger partial charge is 0.150 e. The average molecular weight is 346 g/mol. The van der Waals surface area contributed by atoms with Crippen molar-refractivity contribution >= 4 is 25.8 Å². The van der Waals surface area contributed by atoms with Gasteiger partial charge in [-0.2, -0.15) is 0 Å². The van der Waals surface area contributed by atoms with Crippen molar-refractivity contribution in [1.29, 1.82) is 0 Å². The summed E-state index contributed by atoms with van der Waals surface area (Å²) >= 11 is 3.44. The second-order valence-electron chi connectivity index (χ2n) is 5.70. The number of halogens is 1. The highest BCUT2D eigenvalue weighted by Crippen LogP contribution is 2.25. The van der Waals surface area contributed by atoms with E-state index >= 15 is 0 Å². The predicted molar refractivity (Wildman–Crippen MR) is 82.0 cm³/mol. The molecule has 1 aliphatic rings. The highest BCUT2D eigenvalue weighted by Gasteiger charge is 2.29. The standard InChI is InChI=1S/C14H20BrNO2S/c1-14(2,11-3-5-12(15)6-4-11)16-13-7-9-19(17,18)10-8-13/h3-6,13,16H,7-10H2,1-2H3. The molecular formula is C14H20BrNO2S. The largest absolute Gasteiger partial charge is 0.305 e. The highest BCUT2D eigenvalue weighted by atomic mass is 79.9. The zero-order valence-corrected chi connectivity index (χ0v) is 13.7. The summed E-state index contributed by atoms with van der Waals surface area (Å²) in [7, 11) is -2.79. The molecule has 0 amide bonds. The van der Waals surface area contributed by atoms with E-state index in [4.69, 9.17) is 0 Å². The number of benzene rings is 1. The molecule has 3 nitrogen and oxygen atoms in total. The number of nitrogens with one attached hydrogen (secondary N) is 1. The van der Waals surface area contributed by atoms with Crippen molar-refractivity contribution in [3.63, 3.8) is 0 Å². The van der Waals surface area contributed by atoms with Crippen LogP contribution in [-0.2, 0) is 15.4 Å². The van der Waals surface area contributed by atoms with Gasteiger partial charge in [0.1, 0.15) is 9.84 Å². The van der Waals surface area contributed by atoms with Gasteiger partial charge >= 0.3 is 0 Å². The van der Waals surface area contributed by atoms with Crippen LogP contribution in [0.25, 0.3) is 0 Å². The first-order valence-electron chi connectivity index (χ1n) is 6.53. The lowest BCUT2D eigenvalue weighted by Crippen LogP contribution is -2.47. The van der Waals surface area contributed by atoms with Gasteiger partial charge < -0.3 is 5.32 Å². The highest BCUT2D eigenvalue weighted by molar-refractivity contribution is 9.10. The molecule has 0 saturated carbocycles. The van der Waals surface area contributed by atoms with E-state index in [1.807, 2.05) is 12.1 Å². The molecule has 1 aromatic rings. The van der Waals surface area contributed by atoms with Gasteiger partial charge in [-0.1, -0.05) is 28.1 Å². The predicted octanol–water partition coefficient (Wildman–Crippen LogP) is 2.85. The average Bonchev–Trinajstić information content (AvgIpc) is 2.32. The maximum Gasteiger partial charge on any atom is 0.150 e. The van der Waals surface area contributed by atoms with Gasteiger partial charge in [0, 0.05) is 16.1 Å². The van der Waals surface area contributed by atoms with E-state index in [-0.39, 0.29) is 11.6 Å². The van der Waals surface area contributed by atoms with E-state index in [1.54, 1.807) is 0 Å². The number of sulfone groups is 1. The third kappa shape index (κ3) is 4.04. The molecule has 5 heteroatoms. The zero-order valence-electron chi connectivity index (χ0n) is 11.3. The summed E-state index contributed by atoms with van der Waals surface area (Å²) in [5.74, 6) is 0.613. The molecule has 106 valence electrons. The molecule has 2 rings (SSSR count). The van der Waals surface area contributed by atoms with Crippen LogP contribution in [0.1, 0.15) is 32.3 Å². The molecule has 1 heterocycles. The summed E-state index contributed by atoms with van der Waals surface area (Å²) in [5, 5.41) is 3.59. The Bertz CT molecular complexity index is 523. The summed E-state index contributed by atoms with van der Waals surface area (Å²) < 4.78 is 23.9. The maximum atomic E-state index is 11.4. The molecule has 19 heavy (non-hydrogen) atoms. The minimum absolute atomic E-state index is 0.146. The van der Waals surface area contributed by atoms with Crippen molar-refractivity contribution in [3.05, 3.63) is 34.3 Å². The fourth-order valence-electron chi connectivity index (χ4n) is 2.49. The van der Waals surface area contributed by atoms with Crippen LogP contribution in [0.5, 0.6) is 0 Å². The second kappa shape index (κ2) is 5.54. The molecule has 0 aromatic heterocycles. The van der Waals surface area contributed by atoms with Gasteiger partial charge in [0.2, 0.25) is 0 Å². The Balaban J connectivity index is 2.03. The van der Waals surface area contributed by atoms with E-state index in [1.165, 1.54) is 5.56 Å². The van der Waals surface area contributed by atoms with Crippen LogP contribution in [0.4, 0.5) is 0 Å². The van der Waals surface area contributed by atoms with Crippen LogP contribution in [0.15, 0.2) is 28.7 Å². The van der Waals surface area contributed by atoms with Crippen LogP contribution in [0.2, 0.25) is 0 Å². The Labute approximate surface area is 123 Å². The quantitative estimate of drug-likeness (QED) is 0.916. The first-order chi connectivity index (χ1) is 8.78. The SMILES string of the molecule is CC(C)(NC1CCS(=O)(=O)CC1)c1ccc(Br)cc1. The first-order valence-corrected chi connectivity index (χ1v) is 9.14. The molecule has 1 N–H and O–H groups in total. The van der Waals surface area contributed by atoms with Gasteiger partial charge in [0.15, 0.2) is 0 Å². The van der Waals surface area contributed by atoms with Crippen LogP contribution in [-0.4, -0.2) is 26.0 Å². The van der Waals surface area contributed by atoms with Gasteiger partial charge in [0.05, 0.1) is 11.5 Å². The summed E-state index contributed by atoms with van der Waals surface area (Å²) in [6.07, 6.45) is 1.42. The monoisotopic (exact) mass is 345 g/mol. The van der Waals surface area contributed by atoms with Crippen LogP contribution >= 0.6 is 15.9 Å². The van der Waals surface area contributed by atoms with Crippen molar-refractivity contribution in [1.82, 2.24) is 5.32 Å². The topological polar surface area (TPSA) is 46.2 Å². The molecule has 0 unspecified atom stereocenters. The van der Waals surface area contributed by atoms with Gasteiger partial charge in [-0.3, -0.25) is 0 Å². The van der Waals surface area contributed by atoms with Crippen molar-refractivity contribution in [2.75, 3.05) is 11.5 Å². The van der Waals surface area contributed by atoms with E-state index in [9.17, 15) is 8.42 Å². The minimum atomic E-state index is -2.79. The van der Waals surface area contributed by atoms with Crippen LogP contribution in [0.3, 0.4) is 0 Å². The lowest BCUT2D eigenvalue weighted by Gasteiger charge is -2.34. The van der Waals surface area contributed by atoms with Gasteiger partial charge in [-0.25, -0.2) is 8.42 Å². The molecule has 1 aliphatic heterocycles. The maximum absolute atomic E-state index is 11.4. The van der Waals surface area contributed by atoms with Gasteiger partial charge in [-0.05, 0) is 44.4 Å². The zero-order chi connectivity index (χ0) is 14.1. The molecular weight excluding hydrogens is 326 g/mol. The van der Waals surface area contributed by atoms with Crippen molar-refractivity contribution in [2.45, 2.75) is 38.3 Å². The first kappa shape index (κ1) is 15.0. The van der Waals surface area contributed by atoms with Gasteiger partial charge in [-0.15, -0.1) is 0 Å². The Hall–Kier alpha value is -0.390. The van der Waals surface area contributed by atoms with E-state index in [2.05, 4.69) is 47.2 Å². The molecule has 0 spiro atoms. The van der Waals surface area contributed by atoms with Gasteiger partial charge in [0.25, 0.3) is 0 Å². The van der Waals surface area contributed by atoms with Crippen molar-refractivity contribution < 1.29 is 8.42 Å². The molecule has 1 saturated heterocycles. The molecule has 0 atom stereocenters. The Morgan fingerprint density at radius 1 is 1.16 bits per heavy atom. The lowest BCUT2D eigenvalue weighted by molar-refractivity contribution is 0.323. The summed E-state index contributed by atoms with van der Waals surface area (Å²) in [6.45, 7) is 4.28. The van der Waals surface area contributed by atoms with Crippen LogP contribution < -0.4 is 5.32 Å². The number of hydrogen-bond donors (Lipinski definition) is 1. The molecule has 1 aromatic carbocycles. The van der Waals surface area contributed by atoms with Crippen LogP contribution in [0, 0.1) is 0 Å². The minimum Gasteiger partial charge on any atom is -0.305 e. The lowest BCUT2D eigenvalue weighted by atomic mass is 9.92. The molecule has 0 radical (unpaired) electrons. The Morgan fingerprint density at radius 2 is 1.68 bits per heavy atom. The van der Waals surface area contributed by atoms with Crippen molar-refractivity contribution in [3.8, 4) is 0 Å². The van der Waals surface area contributed by atoms with E-state index < -0.39 is 9.84 Å². The summed E-state index contributed by atoms with van der Waals surface area (Å²) in [5.41, 5.74) is 1.07. The summed E-state index contributed by atoms with van der Waals surface area (Å²) in [6, 6.07) is 8.53. The number of hydrogen-bond acceptors (Lipinski definition) is 3. The Morgan fingerprint density at radius 3 is 2.21 bits per heavy atom. The normalized spacial score (nSPS) is 20.4. The van der Waals surface area contributed by atoms with Crippen molar-refractivity contribution in [2.24, 2.45) is 0 Å². The third-order valence-corrected chi connectivity index (χ3v) is 5.93. The van der Waals surface area contributed by atoms with E-state index in [0.29, 0.717) is 24.3 Å². The molecule has 0 aliphatic carbocycles. The number of rotatable bonds is 3. The fourth-order valence-corrected chi connectivity index (χ4v) is 4.25. The molecule has 1 fully saturated rings. The van der Waals surface area contributed by atoms with E-state index in [0.717, 1.165) is 4.47 Å². The summed E-state index contributed by atoms with van der Waals surface area (Å²) in [4.78, 5) is 0. The Kier molecular flexibility index (Phi) is 4.38. The third-order valence-electron chi connectivity index (χ3n) is 3.69. The second-order valence-corrected chi connectivity index (χ2v) is 8.92.